The number of nitrogens with zero attached hydrogens (tertiary/aromatic N) is 4. The number of carbonyl (C=O) groups is 1. The van der Waals surface area contributed by atoms with Crippen LogP contribution in [0.5, 0.6) is 11.6 Å². The molecule has 0 aliphatic rings. The van der Waals surface area contributed by atoms with Crippen molar-refractivity contribution < 1.29 is 14.1 Å². The van der Waals surface area contributed by atoms with Crippen LogP contribution in [0.1, 0.15) is 10.4 Å². The lowest BCUT2D eigenvalue weighted by Crippen LogP contribution is -2.11. The average Bonchev–Trinajstić information content (AvgIpc) is 3.24. The highest BCUT2D eigenvalue weighted by atomic mass is 16.5. The van der Waals surface area contributed by atoms with Gasteiger partial charge in [-0.1, -0.05) is 11.2 Å². The molecule has 132 valence electrons. The van der Waals surface area contributed by atoms with E-state index >= 15 is 0 Å². The lowest BCUT2D eigenvalue weighted by molar-refractivity contribution is 0.102. The van der Waals surface area contributed by atoms with Crippen LogP contribution < -0.4 is 10.1 Å². The largest absolute Gasteiger partial charge is 0.439 e. The molecule has 3 aromatic heterocycles. The molecule has 0 fully saturated rings. The van der Waals surface area contributed by atoms with Gasteiger partial charge >= 0.3 is 0 Å². The van der Waals surface area contributed by atoms with E-state index in [1.807, 2.05) is 0 Å². The SMILES string of the molecule is O=C(Nc1cccc(Oc2ccnc(-c3ccno3)n2)c1)c1ccncc1. The number of ether oxygens (including phenoxy) is 1. The van der Waals surface area contributed by atoms with E-state index in [1.165, 1.54) is 6.20 Å². The summed E-state index contributed by atoms with van der Waals surface area (Å²) in [5.74, 6) is 1.44. The first kappa shape index (κ1) is 16.4. The Morgan fingerprint density at radius 1 is 1.00 bits per heavy atom. The van der Waals surface area contributed by atoms with Gasteiger partial charge in [-0.3, -0.25) is 9.78 Å². The molecule has 0 spiro atoms. The van der Waals surface area contributed by atoms with E-state index < -0.39 is 0 Å². The topological polar surface area (TPSA) is 103 Å². The monoisotopic (exact) mass is 359 g/mol. The van der Waals surface area contributed by atoms with Crippen LogP contribution in [0.15, 0.2) is 77.8 Å². The van der Waals surface area contributed by atoms with Crippen molar-refractivity contribution in [2.45, 2.75) is 0 Å². The molecule has 8 heteroatoms. The average molecular weight is 359 g/mol. The Bertz CT molecular complexity index is 1050. The molecule has 3 heterocycles. The zero-order chi connectivity index (χ0) is 18.5. The molecule has 1 amide bonds. The van der Waals surface area contributed by atoms with Crippen molar-refractivity contribution in [3.05, 3.63) is 78.9 Å². The van der Waals surface area contributed by atoms with E-state index in [1.54, 1.807) is 67.1 Å². The molecule has 0 atom stereocenters. The van der Waals surface area contributed by atoms with Crippen LogP contribution in [0.25, 0.3) is 11.6 Å². The van der Waals surface area contributed by atoms with Crippen LogP contribution in [-0.4, -0.2) is 26.0 Å². The van der Waals surface area contributed by atoms with Crippen LogP contribution in [0.2, 0.25) is 0 Å². The molecule has 4 rings (SSSR count). The van der Waals surface area contributed by atoms with Gasteiger partial charge in [-0.2, -0.15) is 4.98 Å². The van der Waals surface area contributed by atoms with Gasteiger partial charge < -0.3 is 14.6 Å². The lowest BCUT2D eigenvalue weighted by Gasteiger charge is -2.08. The molecule has 4 aromatic rings. The fourth-order valence-corrected chi connectivity index (χ4v) is 2.31. The number of nitrogens with one attached hydrogen (secondary N) is 1. The Kier molecular flexibility index (Phi) is 4.52. The quantitative estimate of drug-likeness (QED) is 0.581. The summed E-state index contributed by atoms with van der Waals surface area (Å²) in [6.07, 6.45) is 6.21. The van der Waals surface area contributed by atoms with E-state index in [2.05, 4.69) is 25.4 Å². The third kappa shape index (κ3) is 3.96. The van der Waals surface area contributed by atoms with Crippen LogP contribution >= 0.6 is 0 Å². The minimum Gasteiger partial charge on any atom is -0.439 e. The van der Waals surface area contributed by atoms with Gasteiger partial charge in [0, 0.05) is 48.0 Å². The highest BCUT2D eigenvalue weighted by Gasteiger charge is 2.09. The zero-order valence-electron chi connectivity index (χ0n) is 13.9. The number of hydrogen-bond acceptors (Lipinski definition) is 7. The second-order valence-corrected chi connectivity index (χ2v) is 5.42. The first-order valence-electron chi connectivity index (χ1n) is 8.01. The summed E-state index contributed by atoms with van der Waals surface area (Å²) in [7, 11) is 0. The molecule has 1 aromatic carbocycles. The van der Waals surface area contributed by atoms with Crippen molar-refractivity contribution in [2.24, 2.45) is 0 Å². The predicted molar refractivity (Wildman–Crippen MR) is 96.2 cm³/mol. The predicted octanol–water partition coefficient (Wildman–Crippen LogP) is 3.57. The number of rotatable bonds is 5. The van der Waals surface area contributed by atoms with Crippen LogP contribution in [-0.2, 0) is 0 Å². The Balaban J connectivity index is 1.50. The van der Waals surface area contributed by atoms with E-state index in [0.717, 1.165) is 0 Å². The number of hydrogen-bond donors (Lipinski definition) is 1. The summed E-state index contributed by atoms with van der Waals surface area (Å²) in [6, 6.07) is 13.6. The first-order chi connectivity index (χ1) is 13.3. The molecule has 0 unspecified atom stereocenters. The number of benzene rings is 1. The normalized spacial score (nSPS) is 10.4. The molecule has 0 saturated carbocycles. The number of carbonyl (C=O) groups excluding carboxylic acids is 1. The van der Waals surface area contributed by atoms with Gasteiger partial charge in [0.1, 0.15) is 5.75 Å². The van der Waals surface area contributed by atoms with E-state index in [9.17, 15) is 4.79 Å². The maximum Gasteiger partial charge on any atom is 0.255 e. The molecular weight excluding hydrogens is 346 g/mol. The third-order valence-corrected chi connectivity index (χ3v) is 3.55. The van der Waals surface area contributed by atoms with Gasteiger partial charge in [0.2, 0.25) is 17.5 Å². The van der Waals surface area contributed by atoms with Gasteiger partial charge in [0.15, 0.2) is 0 Å². The Labute approximate surface area is 153 Å². The number of anilines is 1. The highest BCUT2D eigenvalue weighted by Crippen LogP contribution is 2.24. The van der Waals surface area contributed by atoms with Crippen molar-refractivity contribution in [3.8, 4) is 23.2 Å². The second-order valence-electron chi connectivity index (χ2n) is 5.42. The van der Waals surface area contributed by atoms with E-state index in [4.69, 9.17) is 9.26 Å². The Morgan fingerprint density at radius 3 is 2.70 bits per heavy atom. The van der Waals surface area contributed by atoms with Crippen molar-refractivity contribution in [3.63, 3.8) is 0 Å². The van der Waals surface area contributed by atoms with Crippen molar-refractivity contribution in [1.29, 1.82) is 0 Å². The molecule has 0 aliphatic heterocycles. The van der Waals surface area contributed by atoms with Crippen LogP contribution in [0, 0.1) is 0 Å². The number of pyridine rings is 1. The van der Waals surface area contributed by atoms with E-state index in [0.29, 0.717) is 34.5 Å². The summed E-state index contributed by atoms with van der Waals surface area (Å²) >= 11 is 0. The third-order valence-electron chi connectivity index (χ3n) is 3.55. The number of aromatic nitrogens is 4. The minimum atomic E-state index is -0.232. The Morgan fingerprint density at radius 2 is 1.89 bits per heavy atom. The van der Waals surface area contributed by atoms with Crippen LogP contribution in [0.4, 0.5) is 5.69 Å². The Hall–Kier alpha value is -4.07. The summed E-state index contributed by atoms with van der Waals surface area (Å²) in [4.78, 5) is 24.6. The molecule has 27 heavy (non-hydrogen) atoms. The first-order valence-corrected chi connectivity index (χ1v) is 8.01. The second kappa shape index (κ2) is 7.44. The molecule has 1 N–H and O–H groups in total. The zero-order valence-corrected chi connectivity index (χ0v) is 13.9. The van der Waals surface area contributed by atoms with E-state index in [-0.39, 0.29) is 5.91 Å². The molecule has 0 radical (unpaired) electrons. The van der Waals surface area contributed by atoms with Crippen LogP contribution in [0.3, 0.4) is 0 Å². The standard InChI is InChI=1S/C19H13N5O3/c25-19(13-4-8-20-9-5-13)23-14-2-1-3-15(12-14)26-17-7-10-21-18(24-17)16-6-11-22-27-16/h1-12H,(H,23,25). The minimum absolute atomic E-state index is 0.232. The molecule has 0 saturated heterocycles. The van der Waals surface area contributed by atoms with Gasteiger partial charge in [-0.15, -0.1) is 0 Å². The summed E-state index contributed by atoms with van der Waals surface area (Å²) in [5.41, 5.74) is 1.11. The molecule has 0 bridgehead atoms. The molecular formula is C19H13N5O3. The fourth-order valence-electron chi connectivity index (χ4n) is 2.31. The number of amides is 1. The fraction of sp³-hybridized carbons (Fsp3) is 0. The maximum absolute atomic E-state index is 12.2. The maximum atomic E-state index is 12.2. The molecule has 0 aliphatic carbocycles. The smallest absolute Gasteiger partial charge is 0.255 e. The summed E-state index contributed by atoms with van der Waals surface area (Å²) in [5, 5.41) is 6.45. The summed E-state index contributed by atoms with van der Waals surface area (Å²) in [6.45, 7) is 0. The van der Waals surface area contributed by atoms with Crippen molar-refractivity contribution >= 4 is 11.6 Å². The van der Waals surface area contributed by atoms with Gasteiger partial charge in [0.05, 0.1) is 6.20 Å². The van der Waals surface area contributed by atoms with Crippen molar-refractivity contribution in [2.75, 3.05) is 5.32 Å². The summed E-state index contributed by atoms with van der Waals surface area (Å²) < 4.78 is 10.8. The molecule has 8 nitrogen and oxygen atoms in total. The van der Waals surface area contributed by atoms with Gasteiger partial charge in [-0.05, 0) is 24.3 Å². The van der Waals surface area contributed by atoms with Crippen molar-refractivity contribution in [1.82, 2.24) is 20.1 Å². The van der Waals surface area contributed by atoms with Gasteiger partial charge in [0.25, 0.3) is 5.91 Å². The lowest BCUT2D eigenvalue weighted by atomic mass is 10.2. The van der Waals surface area contributed by atoms with Gasteiger partial charge in [-0.25, -0.2) is 4.98 Å². The highest BCUT2D eigenvalue weighted by molar-refractivity contribution is 6.04.